The number of sulfonamides is 1. The zero-order chi connectivity index (χ0) is 17.6. The summed E-state index contributed by atoms with van der Waals surface area (Å²) < 4.78 is 30.3. The van der Waals surface area contributed by atoms with Crippen molar-refractivity contribution in [3.8, 4) is 0 Å². The van der Waals surface area contributed by atoms with Gasteiger partial charge in [0.05, 0.1) is 26.3 Å². The van der Waals surface area contributed by atoms with Crippen LogP contribution in [-0.2, 0) is 17.1 Å². The van der Waals surface area contributed by atoms with Gasteiger partial charge in [-0.1, -0.05) is 17.4 Å². The third-order valence-electron chi connectivity index (χ3n) is 3.96. The van der Waals surface area contributed by atoms with Crippen molar-refractivity contribution in [2.24, 2.45) is 7.05 Å². The van der Waals surface area contributed by atoms with Gasteiger partial charge in [-0.05, 0) is 42.5 Å². The molecular weight excluding hydrogens is 358 g/mol. The first kappa shape index (κ1) is 15.8. The van der Waals surface area contributed by atoms with Crippen molar-refractivity contribution in [3.05, 3.63) is 64.4 Å². The SMILES string of the molecule is Cn1c(=O)sc2cc(S(=O)(=O)Nc3cccc4ncccc34)ccc21. The van der Waals surface area contributed by atoms with Crippen molar-refractivity contribution < 1.29 is 8.42 Å². The summed E-state index contributed by atoms with van der Waals surface area (Å²) in [4.78, 5) is 16.0. The molecule has 0 saturated carbocycles. The Kier molecular flexibility index (Phi) is 3.59. The Morgan fingerprint density at radius 1 is 1.12 bits per heavy atom. The van der Waals surface area contributed by atoms with Crippen LogP contribution in [-0.4, -0.2) is 18.0 Å². The molecule has 1 N–H and O–H groups in total. The smallest absolute Gasteiger partial charge is 0.302 e. The quantitative estimate of drug-likeness (QED) is 0.600. The van der Waals surface area contributed by atoms with Gasteiger partial charge in [-0.25, -0.2) is 8.42 Å². The third kappa shape index (κ3) is 2.69. The molecule has 2 aromatic heterocycles. The van der Waals surface area contributed by atoms with E-state index in [1.54, 1.807) is 37.5 Å². The molecule has 4 rings (SSSR count). The fraction of sp³-hybridized carbons (Fsp3) is 0.0588. The number of benzene rings is 2. The van der Waals surface area contributed by atoms with Crippen LogP contribution in [0.2, 0.25) is 0 Å². The summed E-state index contributed by atoms with van der Waals surface area (Å²) in [6, 6.07) is 13.5. The summed E-state index contributed by atoms with van der Waals surface area (Å²) in [6.07, 6.45) is 1.66. The predicted octanol–water partition coefficient (Wildman–Crippen LogP) is 2.95. The van der Waals surface area contributed by atoms with Crippen molar-refractivity contribution in [2.75, 3.05) is 4.72 Å². The van der Waals surface area contributed by atoms with Gasteiger partial charge < -0.3 is 4.57 Å². The lowest BCUT2D eigenvalue weighted by Crippen LogP contribution is -2.13. The van der Waals surface area contributed by atoms with E-state index in [2.05, 4.69) is 9.71 Å². The Labute approximate surface area is 147 Å². The molecule has 0 aliphatic carbocycles. The molecular formula is C17H13N3O3S2. The lowest BCUT2D eigenvalue weighted by Gasteiger charge is -2.10. The molecule has 0 radical (unpaired) electrons. The predicted molar refractivity (Wildman–Crippen MR) is 99.6 cm³/mol. The molecule has 0 saturated heterocycles. The summed E-state index contributed by atoms with van der Waals surface area (Å²) >= 11 is 1.02. The number of hydrogen-bond acceptors (Lipinski definition) is 5. The van der Waals surface area contributed by atoms with E-state index >= 15 is 0 Å². The van der Waals surface area contributed by atoms with Gasteiger partial charge in [0.1, 0.15) is 0 Å². The van der Waals surface area contributed by atoms with Crippen LogP contribution in [0.25, 0.3) is 21.1 Å². The zero-order valence-electron chi connectivity index (χ0n) is 13.1. The Hall–Kier alpha value is -2.71. The molecule has 4 aromatic rings. The van der Waals surface area contributed by atoms with Crippen LogP contribution in [0.3, 0.4) is 0 Å². The first-order chi connectivity index (χ1) is 12.0. The minimum Gasteiger partial charge on any atom is -0.302 e. The molecule has 6 nitrogen and oxygen atoms in total. The maximum absolute atomic E-state index is 12.8. The third-order valence-corrected chi connectivity index (χ3v) is 6.32. The molecule has 8 heteroatoms. The molecule has 2 aromatic carbocycles. The van der Waals surface area contributed by atoms with Crippen LogP contribution in [0.5, 0.6) is 0 Å². The average Bonchev–Trinajstić information content (AvgIpc) is 2.89. The molecule has 0 unspecified atom stereocenters. The number of rotatable bonds is 3. The van der Waals surface area contributed by atoms with Crippen LogP contribution in [0, 0.1) is 0 Å². The largest absolute Gasteiger partial charge is 0.307 e. The highest BCUT2D eigenvalue weighted by molar-refractivity contribution is 7.92. The molecule has 0 fully saturated rings. The highest BCUT2D eigenvalue weighted by atomic mass is 32.2. The van der Waals surface area contributed by atoms with E-state index in [1.807, 2.05) is 12.1 Å². The second-order valence-corrected chi connectivity index (χ2v) is 8.21. The van der Waals surface area contributed by atoms with E-state index in [9.17, 15) is 13.2 Å². The highest BCUT2D eigenvalue weighted by Gasteiger charge is 2.17. The number of aromatic nitrogens is 2. The molecule has 126 valence electrons. The summed E-state index contributed by atoms with van der Waals surface area (Å²) in [5.41, 5.74) is 1.88. The van der Waals surface area contributed by atoms with Gasteiger partial charge in [-0.3, -0.25) is 14.5 Å². The van der Waals surface area contributed by atoms with Crippen LogP contribution in [0.4, 0.5) is 5.69 Å². The number of nitrogens with one attached hydrogen (secondary N) is 1. The molecule has 0 atom stereocenters. The van der Waals surface area contributed by atoms with Gasteiger partial charge in [-0.15, -0.1) is 0 Å². The minimum atomic E-state index is -3.78. The van der Waals surface area contributed by atoms with Crippen molar-refractivity contribution >= 4 is 48.2 Å². The molecule has 0 amide bonds. The lowest BCUT2D eigenvalue weighted by atomic mass is 10.2. The molecule has 0 bridgehead atoms. The van der Waals surface area contributed by atoms with Crippen LogP contribution in [0.15, 0.2) is 64.4 Å². The Balaban J connectivity index is 1.80. The maximum Gasteiger partial charge on any atom is 0.307 e. The highest BCUT2D eigenvalue weighted by Crippen LogP contribution is 2.26. The van der Waals surface area contributed by atoms with Gasteiger partial charge in [0.2, 0.25) is 0 Å². The van der Waals surface area contributed by atoms with Crippen LogP contribution in [0.1, 0.15) is 0 Å². The molecule has 25 heavy (non-hydrogen) atoms. The summed E-state index contributed by atoms with van der Waals surface area (Å²) in [5.74, 6) is 0. The minimum absolute atomic E-state index is 0.114. The second kappa shape index (κ2) is 5.68. The van der Waals surface area contributed by atoms with E-state index in [0.29, 0.717) is 21.4 Å². The van der Waals surface area contributed by atoms with E-state index in [-0.39, 0.29) is 9.77 Å². The zero-order valence-corrected chi connectivity index (χ0v) is 14.8. The number of nitrogens with zero attached hydrogens (tertiary/aromatic N) is 2. The van der Waals surface area contributed by atoms with Crippen molar-refractivity contribution in [3.63, 3.8) is 0 Å². The average molecular weight is 371 g/mol. The fourth-order valence-electron chi connectivity index (χ4n) is 2.68. The lowest BCUT2D eigenvalue weighted by molar-refractivity contribution is 0.601. The van der Waals surface area contributed by atoms with Gasteiger partial charge in [-0.2, -0.15) is 0 Å². The summed E-state index contributed by atoms with van der Waals surface area (Å²) in [5, 5.41) is 0.721. The molecule has 0 spiro atoms. The first-order valence-corrected chi connectivity index (χ1v) is 9.72. The number of anilines is 1. The Bertz CT molecular complexity index is 1270. The van der Waals surface area contributed by atoms with Crippen LogP contribution < -0.4 is 9.60 Å². The number of aryl methyl sites for hydroxylation is 1. The Morgan fingerprint density at radius 3 is 2.80 bits per heavy atom. The summed E-state index contributed by atoms with van der Waals surface area (Å²) in [6.45, 7) is 0. The van der Waals surface area contributed by atoms with Gasteiger partial charge in [0.15, 0.2) is 0 Å². The number of pyridine rings is 1. The number of fused-ring (bicyclic) bond motifs is 2. The topological polar surface area (TPSA) is 81.1 Å². The van der Waals surface area contributed by atoms with Gasteiger partial charge in [0, 0.05) is 18.6 Å². The van der Waals surface area contributed by atoms with Gasteiger partial charge >= 0.3 is 4.87 Å². The molecule has 0 aliphatic heterocycles. The standard InChI is InChI=1S/C17H13N3O3S2/c1-20-15-8-7-11(10-16(15)24-17(20)21)25(22,23)19-14-6-2-5-13-12(14)4-3-9-18-13/h2-10,19H,1H3. The van der Waals surface area contributed by atoms with E-state index in [4.69, 9.17) is 0 Å². The fourth-order valence-corrected chi connectivity index (χ4v) is 4.78. The first-order valence-electron chi connectivity index (χ1n) is 7.42. The molecule has 0 aliphatic rings. The number of thiazole rings is 1. The second-order valence-electron chi connectivity index (χ2n) is 5.54. The maximum atomic E-state index is 12.8. The van der Waals surface area contributed by atoms with Crippen molar-refractivity contribution in [2.45, 2.75) is 4.90 Å². The van der Waals surface area contributed by atoms with Crippen molar-refractivity contribution in [1.82, 2.24) is 9.55 Å². The molecule has 2 heterocycles. The van der Waals surface area contributed by atoms with Crippen molar-refractivity contribution in [1.29, 1.82) is 0 Å². The monoisotopic (exact) mass is 371 g/mol. The van der Waals surface area contributed by atoms with Crippen LogP contribution >= 0.6 is 11.3 Å². The van der Waals surface area contributed by atoms with E-state index < -0.39 is 10.0 Å². The summed E-state index contributed by atoms with van der Waals surface area (Å²) in [7, 11) is -2.12. The Morgan fingerprint density at radius 2 is 1.96 bits per heavy atom. The number of hydrogen-bond donors (Lipinski definition) is 1. The normalized spacial score (nSPS) is 11.9. The van der Waals surface area contributed by atoms with E-state index in [0.717, 1.165) is 16.7 Å². The van der Waals surface area contributed by atoms with Gasteiger partial charge in [0.25, 0.3) is 10.0 Å². The van der Waals surface area contributed by atoms with E-state index in [1.165, 1.54) is 16.7 Å².